The van der Waals surface area contributed by atoms with Crippen LogP contribution in [0.1, 0.15) is 173 Å². The van der Waals surface area contributed by atoms with E-state index in [0.29, 0.717) is 51.6 Å². The quantitative estimate of drug-likeness (QED) is 0.0268. The third kappa shape index (κ3) is 45.9. The number of carbonyl (C=O) groups is 7. The molecule has 1 aliphatic carbocycles. The molecule has 5 amide bonds. The van der Waals surface area contributed by atoms with Gasteiger partial charge < -0.3 is 66.7 Å². The molecule has 0 saturated heterocycles. The third-order valence-electron chi connectivity index (χ3n) is 12.4. The predicted molar refractivity (Wildman–Crippen MR) is 273 cm³/mol. The van der Waals surface area contributed by atoms with Crippen molar-refractivity contribution < 1.29 is 100 Å². The van der Waals surface area contributed by atoms with Crippen LogP contribution in [0.4, 0.5) is 0 Å². The summed E-state index contributed by atoms with van der Waals surface area (Å²) in [7, 11) is 0. The molecule has 2 atom stereocenters. The normalized spacial score (nSPS) is 14.9. The second kappa shape index (κ2) is 51.0. The van der Waals surface area contributed by atoms with Gasteiger partial charge in [0, 0.05) is 84.1 Å². The molecule has 0 aromatic heterocycles. The topological polar surface area (TPSA) is 308 Å². The molecule has 73 heavy (non-hydrogen) atoms. The van der Waals surface area contributed by atoms with Crippen LogP contribution in [0.2, 0.25) is 0 Å². The molecule has 1 unspecified atom stereocenters. The molecule has 0 bridgehead atoms. The average molecular weight is 1110 g/mol. The summed E-state index contributed by atoms with van der Waals surface area (Å²) in [6.45, 7) is 7.94. The van der Waals surface area contributed by atoms with E-state index in [-0.39, 0.29) is 165 Å². The number of carboxylic acid groups (broad SMARTS) is 2. The second-order valence-corrected chi connectivity index (χ2v) is 18.6. The molecule has 0 heterocycles. The number of nitrogens with two attached hydrogens (primary N) is 1. The number of unbranched alkanes of at least 4 members (excludes halogenated alkanes) is 16. The van der Waals surface area contributed by atoms with Crippen molar-refractivity contribution >= 4 is 47.8 Å². The first kappa shape index (κ1) is 71.9. The Hall–Kier alpha value is -3.14. The maximum Gasteiger partial charge on any atom is 0.326 e. The number of hydrogen-bond donors (Lipinski definition) is 7. The first-order valence-electron chi connectivity index (χ1n) is 26.7. The van der Waals surface area contributed by atoms with Gasteiger partial charge in [-0.2, -0.15) is 0 Å². The molecular formula is C52H92N6O14Y-2. The summed E-state index contributed by atoms with van der Waals surface area (Å²) < 4.78 is 21.3. The average Bonchev–Trinajstić information content (AvgIpc) is 3.35. The van der Waals surface area contributed by atoms with Crippen LogP contribution in [0.25, 0.3) is 6.15 Å². The van der Waals surface area contributed by atoms with Gasteiger partial charge in [0.1, 0.15) is 19.3 Å². The SMILES string of the molecule is [CH][C@H]([C-]=O)CCCCNC(=O)COCCOCCNC(=O)COCCOCCNC(=O)CCC(NC(=O)C1CCC(CNC(=O)CCCCCCCCCCCCCCCCCCC(=O)O)CC1)C(=O)O.[NH2-].[Y]. The van der Waals surface area contributed by atoms with Gasteiger partial charge >= 0.3 is 11.9 Å². The van der Waals surface area contributed by atoms with Crippen LogP contribution in [-0.2, 0) is 90.0 Å². The number of ether oxygens (including phenoxy) is 4. The monoisotopic (exact) mass is 1110 g/mol. The summed E-state index contributed by atoms with van der Waals surface area (Å²) in [6.07, 6.45) is 25.8. The van der Waals surface area contributed by atoms with E-state index in [0.717, 1.165) is 51.4 Å². The number of amides is 5. The minimum Gasteiger partial charge on any atom is -0.693 e. The molecule has 0 spiro atoms. The van der Waals surface area contributed by atoms with Crippen LogP contribution in [0.15, 0.2) is 0 Å². The minimum atomic E-state index is -1.20. The summed E-state index contributed by atoms with van der Waals surface area (Å²) >= 11 is 0. The molecule has 1 rings (SSSR count). The van der Waals surface area contributed by atoms with Crippen molar-refractivity contribution in [1.29, 1.82) is 0 Å². The molecule has 0 aliphatic heterocycles. The van der Waals surface area contributed by atoms with Crippen molar-refractivity contribution in [2.45, 2.75) is 179 Å². The largest absolute Gasteiger partial charge is 0.693 e. The minimum absolute atomic E-state index is 0. The van der Waals surface area contributed by atoms with E-state index in [1.165, 1.54) is 64.2 Å². The van der Waals surface area contributed by atoms with Crippen LogP contribution in [0, 0.1) is 24.7 Å². The van der Waals surface area contributed by atoms with E-state index >= 15 is 0 Å². The molecule has 1 aliphatic rings. The molecule has 9 N–H and O–H groups in total. The fourth-order valence-electron chi connectivity index (χ4n) is 8.10. The standard InChI is InChI=1S/C52H90N5O14.H2N.Y/c1-42(39-58)20-18-19-29-53-48(61)40-70-36-35-69-33-31-55-49(62)41-71-37-34-68-32-30-54-47(60)28-27-45(52(66)67)57-51(65)44-25-23-43(24-26-44)38-56-46(59)21-16-14-12-10-8-6-4-2-3-5-7-9-11-13-15-17-22-50(63)64;;/h1,42-45H,2-38,40-41H2,(H,53,61)(H,54,60)(H,55,62)(H,56,59)(H,57,65)(H,63,64)(H,66,67);1H2;/q2*-1;/t42-,43?,44?,45?;;/m0../s1. The van der Waals surface area contributed by atoms with Gasteiger partial charge in [-0.15, -0.1) is 5.92 Å². The molecule has 21 heteroatoms. The van der Waals surface area contributed by atoms with Crippen molar-refractivity contribution in [3.05, 3.63) is 13.1 Å². The Balaban J connectivity index is 0. The Morgan fingerprint density at radius 3 is 1.42 bits per heavy atom. The molecule has 1 fully saturated rings. The zero-order chi connectivity index (χ0) is 52.0. The van der Waals surface area contributed by atoms with E-state index < -0.39 is 23.9 Å². The molecule has 1 saturated carbocycles. The summed E-state index contributed by atoms with van der Waals surface area (Å²) in [5, 5.41) is 32.1. The van der Waals surface area contributed by atoms with Gasteiger partial charge in [0.15, 0.2) is 0 Å². The third-order valence-corrected chi connectivity index (χ3v) is 12.4. The van der Waals surface area contributed by atoms with Crippen molar-refractivity contribution in [3.63, 3.8) is 0 Å². The van der Waals surface area contributed by atoms with Crippen LogP contribution in [0.5, 0.6) is 0 Å². The first-order valence-corrected chi connectivity index (χ1v) is 26.7. The van der Waals surface area contributed by atoms with Crippen molar-refractivity contribution in [3.8, 4) is 0 Å². The number of rotatable bonds is 49. The van der Waals surface area contributed by atoms with Gasteiger partial charge in [0.05, 0.1) is 39.6 Å². The van der Waals surface area contributed by atoms with E-state index in [1.54, 1.807) is 6.29 Å². The zero-order valence-corrected chi connectivity index (χ0v) is 46.8. The van der Waals surface area contributed by atoms with Gasteiger partial charge in [-0.05, 0) is 57.3 Å². The van der Waals surface area contributed by atoms with Gasteiger partial charge in [-0.1, -0.05) is 110 Å². The van der Waals surface area contributed by atoms with E-state index in [2.05, 4.69) is 26.6 Å². The van der Waals surface area contributed by atoms with E-state index in [4.69, 9.17) is 31.0 Å². The van der Waals surface area contributed by atoms with Gasteiger partial charge in [-0.3, -0.25) is 35.1 Å². The van der Waals surface area contributed by atoms with Gasteiger partial charge in [0.2, 0.25) is 29.5 Å². The number of hydrogen-bond acceptors (Lipinski definition) is 12. The van der Waals surface area contributed by atoms with Crippen LogP contribution >= 0.6 is 0 Å². The van der Waals surface area contributed by atoms with E-state index in [9.17, 15) is 43.5 Å². The Kier molecular flexibility index (Phi) is 50.3. The first-order chi connectivity index (χ1) is 34.4. The van der Waals surface area contributed by atoms with Gasteiger partial charge in [0.25, 0.3) is 0 Å². The summed E-state index contributed by atoms with van der Waals surface area (Å²) in [4.78, 5) is 94.3. The number of aliphatic carboxylic acids is 2. The smallest absolute Gasteiger partial charge is 0.326 e. The van der Waals surface area contributed by atoms with Crippen LogP contribution in [0.3, 0.4) is 0 Å². The Labute approximate surface area is 461 Å². The van der Waals surface area contributed by atoms with Crippen LogP contribution in [-0.4, -0.2) is 143 Å². The predicted octanol–water partition coefficient (Wildman–Crippen LogP) is 6.10. The summed E-state index contributed by atoms with van der Waals surface area (Å²) in [5.41, 5.74) is 0. The number of carboxylic acids is 2. The maximum atomic E-state index is 13.0. The Morgan fingerprint density at radius 2 is 0.945 bits per heavy atom. The zero-order valence-electron chi connectivity index (χ0n) is 43.9. The second-order valence-electron chi connectivity index (χ2n) is 18.6. The number of nitrogens with one attached hydrogen (secondary N) is 5. The number of carbonyl (C=O) groups excluding carboxylic acids is 6. The summed E-state index contributed by atoms with van der Waals surface area (Å²) in [6, 6.07) is -1.19. The van der Waals surface area contributed by atoms with Crippen LogP contribution < -0.4 is 26.6 Å². The van der Waals surface area contributed by atoms with Crippen molar-refractivity contribution in [2.75, 3.05) is 79.0 Å². The Bertz CT molecular complexity index is 1460. The summed E-state index contributed by atoms with van der Waals surface area (Å²) in [5.74, 6) is -3.73. The molecule has 419 valence electrons. The molecular weight excluding hydrogens is 1020 g/mol. The molecule has 0 aromatic carbocycles. The Morgan fingerprint density at radius 1 is 0.507 bits per heavy atom. The molecule has 3 radical (unpaired) electrons. The fourth-order valence-corrected chi connectivity index (χ4v) is 8.10. The molecule has 20 nitrogen and oxygen atoms in total. The van der Waals surface area contributed by atoms with Gasteiger partial charge in [-0.25, -0.2) is 4.79 Å². The molecule has 0 aromatic rings. The fraction of sp³-hybridized carbons (Fsp3) is 0.827. The maximum absolute atomic E-state index is 13.0. The van der Waals surface area contributed by atoms with E-state index in [1.807, 2.05) is 0 Å². The van der Waals surface area contributed by atoms with Crippen molar-refractivity contribution in [1.82, 2.24) is 26.6 Å². The van der Waals surface area contributed by atoms with Crippen molar-refractivity contribution in [2.24, 2.45) is 17.8 Å².